The monoisotopic (exact) mass is 373 g/mol. The lowest BCUT2D eigenvalue weighted by Crippen LogP contribution is -2.46. The van der Waals surface area contributed by atoms with E-state index >= 15 is 0 Å². The average Bonchev–Trinajstić information content (AvgIpc) is 3.32. The third kappa shape index (κ3) is 4.03. The Hall–Kier alpha value is -1.89. The molecule has 2 amide bonds. The number of likely N-dealkylation sites (tertiary alicyclic amines) is 2. The van der Waals surface area contributed by atoms with Crippen molar-refractivity contribution in [2.75, 3.05) is 39.3 Å². The molecule has 1 aromatic rings. The molecule has 0 spiro atoms. The summed E-state index contributed by atoms with van der Waals surface area (Å²) in [6, 6.07) is 0. The highest BCUT2D eigenvalue weighted by Gasteiger charge is 2.38. The van der Waals surface area contributed by atoms with Gasteiger partial charge in [0.05, 0.1) is 12.1 Å². The van der Waals surface area contributed by atoms with Crippen LogP contribution in [0.15, 0.2) is 12.4 Å². The lowest BCUT2D eigenvalue weighted by Gasteiger charge is -2.37. The number of carbonyl (C=O) groups is 2. The van der Waals surface area contributed by atoms with E-state index in [-0.39, 0.29) is 17.7 Å². The second kappa shape index (κ2) is 8.00. The van der Waals surface area contributed by atoms with Crippen LogP contribution in [0, 0.1) is 11.8 Å². The van der Waals surface area contributed by atoms with Crippen molar-refractivity contribution >= 4 is 11.8 Å². The minimum Gasteiger partial charge on any atom is -0.342 e. The largest absolute Gasteiger partial charge is 0.342 e. The van der Waals surface area contributed by atoms with Crippen molar-refractivity contribution in [2.24, 2.45) is 18.9 Å². The van der Waals surface area contributed by atoms with Crippen LogP contribution >= 0.6 is 0 Å². The van der Waals surface area contributed by atoms with Crippen LogP contribution in [0.4, 0.5) is 0 Å². The SMILES string of the molecule is Cn1cc([C@H]2CNC[C@@H]2C(=O)N2CCC(CN3CCCCC3=O)CC2)cn1. The van der Waals surface area contributed by atoms with E-state index in [1.165, 1.54) is 0 Å². The van der Waals surface area contributed by atoms with Crippen molar-refractivity contribution in [3.63, 3.8) is 0 Å². The van der Waals surface area contributed by atoms with Crippen molar-refractivity contribution < 1.29 is 9.59 Å². The lowest BCUT2D eigenvalue weighted by atomic mass is 9.88. The number of nitrogens with one attached hydrogen (secondary N) is 1. The van der Waals surface area contributed by atoms with Gasteiger partial charge in [0.15, 0.2) is 0 Å². The zero-order valence-corrected chi connectivity index (χ0v) is 16.3. The summed E-state index contributed by atoms with van der Waals surface area (Å²) in [6.45, 7) is 5.03. The van der Waals surface area contributed by atoms with E-state index in [4.69, 9.17) is 0 Å². The predicted octanol–water partition coefficient (Wildman–Crippen LogP) is 0.974. The van der Waals surface area contributed by atoms with Gasteiger partial charge in [-0.3, -0.25) is 14.3 Å². The van der Waals surface area contributed by atoms with E-state index < -0.39 is 0 Å². The zero-order valence-electron chi connectivity index (χ0n) is 16.3. The van der Waals surface area contributed by atoms with Gasteiger partial charge in [-0.1, -0.05) is 0 Å². The molecule has 7 nitrogen and oxygen atoms in total. The summed E-state index contributed by atoms with van der Waals surface area (Å²) in [6.07, 6.45) is 8.81. The van der Waals surface area contributed by atoms with Crippen LogP contribution in [0.25, 0.3) is 0 Å². The average molecular weight is 374 g/mol. The first-order chi connectivity index (χ1) is 13.1. The smallest absolute Gasteiger partial charge is 0.227 e. The third-order valence-electron chi connectivity index (χ3n) is 6.51. The van der Waals surface area contributed by atoms with Crippen LogP contribution in [0.5, 0.6) is 0 Å². The number of hydrogen-bond donors (Lipinski definition) is 1. The number of nitrogens with zero attached hydrogens (tertiary/aromatic N) is 4. The summed E-state index contributed by atoms with van der Waals surface area (Å²) in [4.78, 5) is 29.3. The molecular weight excluding hydrogens is 342 g/mol. The lowest BCUT2D eigenvalue weighted by molar-refractivity contribution is -0.138. The Labute approximate surface area is 161 Å². The number of piperidine rings is 2. The Morgan fingerprint density at radius 2 is 2.04 bits per heavy atom. The number of carbonyl (C=O) groups excluding carboxylic acids is 2. The molecule has 0 aliphatic carbocycles. The molecule has 0 aromatic carbocycles. The molecule has 3 saturated heterocycles. The summed E-state index contributed by atoms with van der Waals surface area (Å²) >= 11 is 0. The third-order valence-corrected chi connectivity index (χ3v) is 6.51. The second-order valence-corrected chi connectivity index (χ2v) is 8.38. The highest BCUT2D eigenvalue weighted by molar-refractivity contribution is 5.81. The molecule has 1 N–H and O–H groups in total. The van der Waals surface area contributed by atoms with E-state index in [1.54, 1.807) is 0 Å². The number of amides is 2. The molecule has 0 saturated carbocycles. The minimum atomic E-state index is 0.00872. The molecule has 4 rings (SSSR count). The van der Waals surface area contributed by atoms with Gasteiger partial charge in [-0.15, -0.1) is 0 Å². The van der Waals surface area contributed by atoms with Gasteiger partial charge in [-0.2, -0.15) is 5.10 Å². The van der Waals surface area contributed by atoms with Crippen molar-refractivity contribution in [3.8, 4) is 0 Å². The van der Waals surface area contributed by atoms with Gasteiger partial charge < -0.3 is 15.1 Å². The van der Waals surface area contributed by atoms with Crippen molar-refractivity contribution in [3.05, 3.63) is 18.0 Å². The van der Waals surface area contributed by atoms with E-state index in [0.717, 1.165) is 70.5 Å². The summed E-state index contributed by atoms with van der Waals surface area (Å²) in [5.41, 5.74) is 1.15. The fourth-order valence-corrected chi connectivity index (χ4v) is 4.86. The maximum atomic E-state index is 13.1. The Morgan fingerprint density at radius 3 is 2.74 bits per heavy atom. The number of hydrogen-bond acceptors (Lipinski definition) is 4. The molecule has 27 heavy (non-hydrogen) atoms. The standard InChI is InChI=1S/C20H31N5O2/c1-23-14-16(10-22-23)17-11-21-12-18(17)20(27)24-8-5-15(6-9-24)13-25-7-3-2-4-19(25)26/h10,14-15,17-18,21H,2-9,11-13H2,1H3/t17-,18+/m1/s1. The first-order valence-corrected chi connectivity index (χ1v) is 10.4. The van der Waals surface area contributed by atoms with Gasteiger partial charge in [0.1, 0.15) is 0 Å². The normalized spacial score (nSPS) is 27.4. The van der Waals surface area contributed by atoms with Crippen molar-refractivity contribution in [2.45, 2.75) is 38.0 Å². The van der Waals surface area contributed by atoms with E-state index in [0.29, 0.717) is 18.2 Å². The van der Waals surface area contributed by atoms with Gasteiger partial charge in [0.2, 0.25) is 11.8 Å². The molecule has 148 valence electrons. The van der Waals surface area contributed by atoms with Crippen molar-refractivity contribution in [1.82, 2.24) is 24.9 Å². The molecule has 0 bridgehead atoms. The molecule has 1 aromatic heterocycles. The number of aryl methyl sites for hydroxylation is 1. The Balaban J connectivity index is 1.31. The molecule has 2 atom stereocenters. The van der Waals surface area contributed by atoms with Gasteiger partial charge in [0, 0.05) is 64.9 Å². The van der Waals surface area contributed by atoms with Gasteiger partial charge in [0.25, 0.3) is 0 Å². The molecule has 3 aliphatic heterocycles. The van der Waals surface area contributed by atoms with Crippen LogP contribution in [-0.2, 0) is 16.6 Å². The molecular formula is C20H31N5O2. The Morgan fingerprint density at radius 1 is 1.22 bits per heavy atom. The molecule has 0 unspecified atom stereocenters. The topological polar surface area (TPSA) is 70.5 Å². The summed E-state index contributed by atoms with van der Waals surface area (Å²) < 4.78 is 1.81. The molecule has 0 radical (unpaired) electrons. The highest BCUT2D eigenvalue weighted by atomic mass is 16.2. The Kier molecular flexibility index (Phi) is 5.48. The summed E-state index contributed by atoms with van der Waals surface area (Å²) in [5.74, 6) is 1.36. The Bertz CT molecular complexity index is 680. The van der Waals surface area contributed by atoms with Gasteiger partial charge in [-0.25, -0.2) is 0 Å². The number of rotatable bonds is 4. The summed E-state index contributed by atoms with van der Waals surface area (Å²) in [5, 5.41) is 7.66. The maximum Gasteiger partial charge on any atom is 0.227 e. The summed E-state index contributed by atoms with van der Waals surface area (Å²) in [7, 11) is 1.92. The molecule has 3 aliphatic rings. The van der Waals surface area contributed by atoms with Crippen LogP contribution < -0.4 is 5.32 Å². The number of aromatic nitrogens is 2. The maximum absolute atomic E-state index is 13.1. The first kappa shape index (κ1) is 18.5. The predicted molar refractivity (Wildman–Crippen MR) is 102 cm³/mol. The quantitative estimate of drug-likeness (QED) is 0.854. The second-order valence-electron chi connectivity index (χ2n) is 8.38. The zero-order chi connectivity index (χ0) is 18.8. The van der Waals surface area contributed by atoms with E-state index in [1.807, 2.05) is 29.0 Å². The first-order valence-electron chi connectivity index (χ1n) is 10.4. The minimum absolute atomic E-state index is 0.00872. The van der Waals surface area contributed by atoms with Crippen LogP contribution in [0.3, 0.4) is 0 Å². The fraction of sp³-hybridized carbons (Fsp3) is 0.750. The van der Waals surface area contributed by atoms with Crippen LogP contribution in [-0.4, -0.2) is 70.7 Å². The van der Waals surface area contributed by atoms with Crippen molar-refractivity contribution in [1.29, 1.82) is 0 Å². The molecule has 3 fully saturated rings. The van der Waals surface area contributed by atoms with E-state index in [2.05, 4.69) is 15.3 Å². The van der Waals surface area contributed by atoms with Crippen LogP contribution in [0.1, 0.15) is 43.6 Å². The van der Waals surface area contributed by atoms with Crippen LogP contribution in [0.2, 0.25) is 0 Å². The van der Waals surface area contributed by atoms with Gasteiger partial charge >= 0.3 is 0 Å². The molecule has 7 heteroatoms. The fourth-order valence-electron chi connectivity index (χ4n) is 4.86. The van der Waals surface area contributed by atoms with E-state index in [9.17, 15) is 9.59 Å². The molecule has 4 heterocycles. The highest BCUT2D eigenvalue weighted by Crippen LogP contribution is 2.31. The van der Waals surface area contributed by atoms with Gasteiger partial charge in [-0.05, 0) is 37.2 Å².